The lowest BCUT2D eigenvalue weighted by Crippen LogP contribution is -2.11. The Morgan fingerprint density at radius 1 is 1.22 bits per heavy atom. The average molecular weight is 313 g/mol. The lowest BCUT2D eigenvalue weighted by atomic mass is 9.96. The van der Waals surface area contributed by atoms with E-state index in [1.807, 2.05) is 13.8 Å². The first-order chi connectivity index (χ1) is 11.1. The maximum absolute atomic E-state index is 6.29. The van der Waals surface area contributed by atoms with Gasteiger partial charge in [0.15, 0.2) is 0 Å². The molecule has 0 saturated heterocycles. The maximum Gasteiger partial charge on any atom is 0.141 e. The van der Waals surface area contributed by atoms with Gasteiger partial charge in [-0.2, -0.15) is 0 Å². The second-order valence-corrected chi connectivity index (χ2v) is 6.70. The van der Waals surface area contributed by atoms with Crippen LogP contribution in [0.5, 0.6) is 0 Å². The zero-order valence-electron chi connectivity index (χ0n) is 14.7. The average Bonchev–Trinajstić information content (AvgIpc) is 3.16. The fourth-order valence-electron chi connectivity index (χ4n) is 3.59. The number of aryl methyl sites for hydroxylation is 3. The number of ether oxygens (including phenoxy) is 1. The van der Waals surface area contributed by atoms with E-state index in [1.165, 1.54) is 42.4 Å². The van der Waals surface area contributed by atoms with Gasteiger partial charge >= 0.3 is 0 Å². The first kappa shape index (κ1) is 16.3. The highest BCUT2D eigenvalue weighted by atomic mass is 16.5. The van der Waals surface area contributed by atoms with Gasteiger partial charge in [0.05, 0.1) is 17.9 Å². The van der Waals surface area contributed by atoms with Crippen LogP contribution in [-0.2, 0) is 11.2 Å². The molecule has 1 aromatic carbocycles. The molecule has 2 aromatic rings. The summed E-state index contributed by atoms with van der Waals surface area (Å²) in [5.74, 6) is 0.881. The third-order valence-electron chi connectivity index (χ3n) is 4.91. The first-order valence-corrected chi connectivity index (χ1v) is 8.81. The fourth-order valence-corrected chi connectivity index (χ4v) is 3.59. The van der Waals surface area contributed by atoms with Gasteiger partial charge in [-0.1, -0.05) is 37.1 Å². The van der Waals surface area contributed by atoms with E-state index in [2.05, 4.69) is 37.2 Å². The Kier molecular flexibility index (Phi) is 4.86. The molecule has 3 nitrogen and oxygen atoms in total. The lowest BCUT2D eigenvalue weighted by molar-refractivity contribution is 0.00101. The van der Waals surface area contributed by atoms with Gasteiger partial charge < -0.3 is 9.26 Å². The SMILES string of the molecule is CCc1cc(-c2c(C)noc2C)cc(C(C)OC2CCCC2)c1. The van der Waals surface area contributed by atoms with Crippen molar-refractivity contribution in [1.29, 1.82) is 0 Å². The molecule has 0 radical (unpaired) electrons. The highest BCUT2D eigenvalue weighted by Gasteiger charge is 2.20. The van der Waals surface area contributed by atoms with Crippen LogP contribution >= 0.6 is 0 Å². The van der Waals surface area contributed by atoms with Crippen molar-refractivity contribution in [3.8, 4) is 11.1 Å². The van der Waals surface area contributed by atoms with E-state index in [0.717, 1.165) is 23.4 Å². The minimum absolute atomic E-state index is 0.129. The van der Waals surface area contributed by atoms with Gasteiger partial charge in [0, 0.05) is 5.56 Å². The van der Waals surface area contributed by atoms with E-state index in [4.69, 9.17) is 9.26 Å². The molecular formula is C20H27NO2. The second kappa shape index (κ2) is 6.88. The van der Waals surface area contributed by atoms with Gasteiger partial charge in [-0.25, -0.2) is 0 Å². The van der Waals surface area contributed by atoms with Gasteiger partial charge in [0.1, 0.15) is 5.76 Å². The molecule has 1 saturated carbocycles. The minimum Gasteiger partial charge on any atom is -0.371 e. The molecule has 0 amide bonds. The summed E-state index contributed by atoms with van der Waals surface area (Å²) >= 11 is 0. The van der Waals surface area contributed by atoms with Crippen molar-refractivity contribution in [2.45, 2.75) is 72.0 Å². The van der Waals surface area contributed by atoms with Crippen LogP contribution in [-0.4, -0.2) is 11.3 Å². The molecule has 0 N–H and O–H groups in total. The van der Waals surface area contributed by atoms with Crippen LogP contribution in [0, 0.1) is 13.8 Å². The zero-order valence-corrected chi connectivity index (χ0v) is 14.7. The Hall–Kier alpha value is -1.61. The largest absolute Gasteiger partial charge is 0.371 e. The molecule has 124 valence electrons. The summed E-state index contributed by atoms with van der Waals surface area (Å²) in [7, 11) is 0. The molecule has 1 aliphatic rings. The van der Waals surface area contributed by atoms with Crippen LogP contribution in [0.1, 0.15) is 68.2 Å². The molecule has 0 spiro atoms. The molecule has 1 atom stereocenters. The van der Waals surface area contributed by atoms with Crippen LogP contribution < -0.4 is 0 Å². The predicted octanol–water partition coefficient (Wildman–Crippen LogP) is 5.54. The number of aromatic nitrogens is 1. The molecule has 1 aromatic heterocycles. The third-order valence-corrected chi connectivity index (χ3v) is 4.91. The number of hydrogen-bond donors (Lipinski definition) is 0. The molecule has 3 rings (SSSR count). The van der Waals surface area contributed by atoms with Crippen molar-refractivity contribution in [3.05, 3.63) is 40.8 Å². The van der Waals surface area contributed by atoms with Gasteiger partial charge in [-0.3, -0.25) is 0 Å². The third kappa shape index (κ3) is 3.50. The molecule has 3 heteroatoms. The Balaban J connectivity index is 1.92. The summed E-state index contributed by atoms with van der Waals surface area (Å²) in [6.07, 6.45) is 6.58. The standard InChI is InChI=1S/C20H27NO2/c1-5-16-10-17(14(3)22-19-8-6-7-9-19)12-18(11-16)20-13(2)21-23-15(20)4/h10-12,14,19H,5-9H2,1-4H3. The summed E-state index contributed by atoms with van der Waals surface area (Å²) in [5, 5.41) is 4.10. The predicted molar refractivity (Wildman–Crippen MR) is 92.5 cm³/mol. The van der Waals surface area contributed by atoms with E-state index in [9.17, 15) is 0 Å². The molecule has 1 aliphatic carbocycles. The van der Waals surface area contributed by atoms with E-state index >= 15 is 0 Å². The Bertz CT molecular complexity index is 649. The maximum atomic E-state index is 6.29. The molecule has 0 bridgehead atoms. The summed E-state index contributed by atoms with van der Waals surface area (Å²) in [5.41, 5.74) is 5.85. The quantitative estimate of drug-likeness (QED) is 0.727. The minimum atomic E-state index is 0.129. The number of rotatable bonds is 5. The second-order valence-electron chi connectivity index (χ2n) is 6.70. The molecule has 1 unspecified atom stereocenters. The van der Waals surface area contributed by atoms with Crippen molar-refractivity contribution >= 4 is 0 Å². The van der Waals surface area contributed by atoms with Crippen molar-refractivity contribution in [3.63, 3.8) is 0 Å². The van der Waals surface area contributed by atoms with Crippen molar-refractivity contribution < 1.29 is 9.26 Å². The Labute approximate surface area is 139 Å². The van der Waals surface area contributed by atoms with Crippen LogP contribution in [0.25, 0.3) is 11.1 Å². The van der Waals surface area contributed by atoms with Crippen LogP contribution in [0.15, 0.2) is 22.7 Å². The van der Waals surface area contributed by atoms with E-state index < -0.39 is 0 Å². The summed E-state index contributed by atoms with van der Waals surface area (Å²) in [6, 6.07) is 6.77. The van der Waals surface area contributed by atoms with E-state index in [0.29, 0.717) is 6.10 Å². The Morgan fingerprint density at radius 2 is 1.96 bits per heavy atom. The monoisotopic (exact) mass is 313 g/mol. The van der Waals surface area contributed by atoms with Crippen molar-refractivity contribution in [2.24, 2.45) is 0 Å². The van der Waals surface area contributed by atoms with Gasteiger partial charge in [-0.05, 0) is 62.8 Å². The van der Waals surface area contributed by atoms with Crippen LogP contribution in [0.2, 0.25) is 0 Å². The zero-order chi connectivity index (χ0) is 16.4. The van der Waals surface area contributed by atoms with Crippen LogP contribution in [0.3, 0.4) is 0 Å². The normalized spacial score (nSPS) is 16.9. The highest BCUT2D eigenvalue weighted by molar-refractivity contribution is 5.69. The van der Waals surface area contributed by atoms with Gasteiger partial charge in [-0.15, -0.1) is 0 Å². The van der Waals surface area contributed by atoms with E-state index in [1.54, 1.807) is 0 Å². The summed E-state index contributed by atoms with van der Waals surface area (Å²) in [4.78, 5) is 0. The first-order valence-electron chi connectivity index (χ1n) is 8.81. The highest BCUT2D eigenvalue weighted by Crippen LogP contribution is 2.33. The topological polar surface area (TPSA) is 35.3 Å². The Morgan fingerprint density at radius 3 is 2.57 bits per heavy atom. The number of benzene rings is 1. The lowest BCUT2D eigenvalue weighted by Gasteiger charge is -2.20. The van der Waals surface area contributed by atoms with Crippen molar-refractivity contribution in [1.82, 2.24) is 5.16 Å². The molecule has 23 heavy (non-hydrogen) atoms. The van der Waals surface area contributed by atoms with Crippen LogP contribution in [0.4, 0.5) is 0 Å². The summed E-state index contributed by atoms with van der Waals surface area (Å²) in [6.45, 7) is 8.34. The molecule has 1 fully saturated rings. The summed E-state index contributed by atoms with van der Waals surface area (Å²) < 4.78 is 11.6. The number of hydrogen-bond acceptors (Lipinski definition) is 3. The molecular weight excluding hydrogens is 286 g/mol. The number of nitrogens with zero attached hydrogens (tertiary/aromatic N) is 1. The van der Waals surface area contributed by atoms with Crippen molar-refractivity contribution in [2.75, 3.05) is 0 Å². The van der Waals surface area contributed by atoms with E-state index in [-0.39, 0.29) is 6.10 Å². The molecule has 0 aliphatic heterocycles. The molecule has 1 heterocycles. The van der Waals surface area contributed by atoms with Gasteiger partial charge in [0.25, 0.3) is 0 Å². The fraction of sp³-hybridized carbons (Fsp3) is 0.550. The van der Waals surface area contributed by atoms with Gasteiger partial charge in [0.2, 0.25) is 0 Å². The smallest absolute Gasteiger partial charge is 0.141 e.